The van der Waals surface area contributed by atoms with Crippen molar-refractivity contribution in [2.24, 2.45) is 0 Å². The number of rotatable bonds is 6. The number of aryl methyl sites for hydroxylation is 1. The van der Waals surface area contributed by atoms with E-state index in [9.17, 15) is 21.6 Å². The summed E-state index contributed by atoms with van der Waals surface area (Å²) in [7, 11) is -2.40. The van der Waals surface area contributed by atoms with Crippen LogP contribution >= 0.6 is 0 Å². The summed E-state index contributed by atoms with van der Waals surface area (Å²) in [6.45, 7) is 2.59. The van der Waals surface area contributed by atoms with Crippen LogP contribution in [0.4, 0.5) is 24.5 Å². The molecular weight excluding hydrogens is 405 g/mol. The largest absolute Gasteiger partial charge is 0.416 e. The van der Waals surface area contributed by atoms with Gasteiger partial charge in [-0.3, -0.25) is 0 Å². The molecule has 6 nitrogen and oxygen atoms in total. The fourth-order valence-corrected chi connectivity index (χ4v) is 3.49. The lowest BCUT2D eigenvalue weighted by Crippen LogP contribution is -2.18. The number of hydrogen-bond donors (Lipinski definition) is 2. The predicted molar refractivity (Wildman–Crippen MR) is 104 cm³/mol. The molecule has 1 aromatic heterocycles. The highest BCUT2D eigenvalue weighted by atomic mass is 32.2. The van der Waals surface area contributed by atoms with E-state index in [1.54, 1.807) is 12.5 Å². The van der Waals surface area contributed by atoms with E-state index >= 15 is 0 Å². The first-order chi connectivity index (χ1) is 13.6. The number of imidazole rings is 1. The molecule has 0 bridgehead atoms. The van der Waals surface area contributed by atoms with Crippen molar-refractivity contribution in [2.75, 3.05) is 12.4 Å². The molecule has 0 spiro atoms. The summed E-state index contributed by atoms with van der Waals surface area (Å²) in [4.78, 5) is 4.32. The molecule has 0 unspecified atom stereocenters. The van der Waals surface area contributed by atoms with Crippen molar-refractivity contribution in [3.63, 3.8) is 0 Å². The van der Waals surface area contributed by atoms with Gasteiger partial charge in [0.25, 0.3) is 0 Å². The first-order valence-electron chi connectivity index (χ1n) is 8.68. The molecule has 0 atom stereocenters. The zero-order valence-electron chi connectivity index (χ0n) is 15.7. The van der Waals surface area contributed by atoms with Gasteiger partial charge in [-0.1, -0.05) is 6.07 Å². The van der Waals surface area contributed by atoms with Crippen molar-refractivity contribution in [1.82, 2.24) is 14.3 Å². The van der Waals surface area contributed by atoms with Crippen LogP contribution in [0.3, 0.4) is 0 Å². The van der Waals surface area contributed by atoms with E-state index in [4.69, 9.17) is 0 Å². The molecule has 0 aliphatic carbocycles. The maximum Gasteiger partial charge on any atom is 0.416 e. The van der Waals surface area contributed by atoms with E-state index < -0.39 is 21.8 Å². The fraction of sp³-hybridized carbons (Fsp3) is 0.211. The lowest BCUT2D eigenvalue weighted by Gasteiger charge is -2.14. The molecular formula is C19H19F3N4O2S. The Morgan fingerprint density at radius 3 is 2.52 bits per heavy atom. The Morgan fingerprint density at radius 1 is 1.14 bits per heavy atom. The SMILES string of the molecule is CCn1cnc(-c2cc(S(=O)(=O)NC)ccc2Nc2cccc(C(F)(F)F)c2)c1. The van der Waals surface area contributed by atoms with Crippen LogP contribution < -0.4 is 10.0 Å². The molecule has 154 valence electrons. The van der Waals surface area contributed by atoms with Crippen molar-refractivity contribution in [3.05, 3.63) is 60.6 Å². The van der Waals surface area contributed by atoms with Crippen molar-refractivity contribution < 1.29 is 21.6 Å². The molecule has 0 fully saturated rings. The summed E-state index contributed by atoms with van der Waals surface area (Å²) in [6.07, 6.45) is -1.13. The molecule has 0 saturated carbocycles. The van der Waals surface area contributed by atoms with Crippen LogP contribution in [0.15, 0.2) is 59.9 Å². The topological polar surface area (TPSA) is 76.0 Å². The number of anilines is 2. The molecule has 29 heavy (non-hydrogen) atoms. The van der Waals surface area contributed by atoms with Crippen LogP contribution in [0.25, 0.3) is 11.3 Å². The Labute approximate surface area is 166 Å². The number of sulfonamides is 1. The third-order valence-corrected chi connectivity index (χ3v) is 5.73. The summed E-state index contributed by atoms with van der Waals surface area (Å²) in [5.41, 5.74) is 0.815. The minimum absolute atomic E-state index is 0.0237. The summed E-state index contributed by atoms with van der Waals surface area (Å²) in [5.74, 6) is 0. The number of nitrogens with one attached hydrogen (secondary N) is 2. The monoisotopic (exact) mass is 424 g/mol. The Morgan fingerprint density at radius 2 is 1.90 bits per heavy atom. The van der Waals surface area contributed by atoms with Crippen LogP contribution in [0, 0.1) is 0 Å². The molecule has 0 amide bonds. The van der Waals surface area contributed by atoms with Crippen LogP contribution in [-0.4, -0.2) is 25.0 Å². The molecule has 3 rings (SSSR count). The van der Waals surface area contributed by atoms with Crippen LogP contribution in [0.1, 0.15) is 12.5 Å². The minimum Gasteiger partial charge on any atom is -0.355 e. The van der Waals surface area contributed by atoms with Gasteiger partial charge in [0.1, 0.15) is 0 Å². The van der Waals surface area contributed by atoms with E-state index in [-0.39, 0.29) is 10.6 Å². The van der Waals surface area contributed by atoms with Crippen molar-refractivity contribution in [1.29, 1.82) is 0 Å². The third kappa shape index (κ3) is 4.60. The average molecular weight is 424 g/mol. The van der Waals surface area contributed by atoms with Gasteiger partial charge < -0.3 is 9.88 Å². The summed E-state index contributed by atoms with van der Waals surface area (Å²) in [6, 6.07) is 9.10. The molecule has 0 aliphatic heterocycles. The van der Waals surface area contributed by atoms with Gasteiger partial charge in [0.2, 0.25) is 10.0 Å². The van der Waals surface area contributed by atoms with Gasteiger partial charge in [-0.25, -0.2) is 18.1 Å². The second-order valence-electron chi connectivity index (χ2n) is 6.21. The molecule has 0 aliphatic rings. The minimum atomic E-state index is -4.47. The molecule has 2 aromatic carbocycles. The Kier molecular flexibility index (Phi) is 5.67. The van der Waals surface area contributed by atoms with E-state index in [0.717, 1.165) is 12.1 Å². The maximum atomic E-state index is 13.0. The smallest absolute Gasteiger partial charge is 0.355 e. The van der Waals surface area contributed by atoms with Crippen molar-refractivity contribution >= 4 is 21.4 Å². The average Bonchev–Trinajstić information content (AvgIpc) is 3.17. The Hall–Kier alpha value is -2.85. The van der Waals surface area contributed by atoms with Gasteiger partial charge in [0.15, 0.2) is 0 Å². The Bertz CT molecular complexity index is 1120. The highest BCUT2D eigenvalue weighted by Gasteiger charge is 2.30. The van der Waals surface area contributed by atoms with E-state index in [2.05, 4.69) is 15.0 Å². The highest BCUT2D eigenvalue weighted by molar-refractivity contribution is 7.89. The number of halogens is 3. The van der Waals surface area contributed by atoms with E-state index in [1.807, 2.05) is 11.5 Å². The highest BCUT2D eigenvalue weighted by Crippen LogP contribution is 2.34. The second kappa shape index (κ2) is 7.88. The predicted octanol–water partition coefficient (Wildman–Crippen LogP) is 4.24. The van der Waals surface area contributed by atoms with Gasteiger partial charge >= 0.3 is 6.18 Å². The number of benzene rings is 2. The molecule has 0 radical (unpaired) electrons. The first-order valence-corrected chi connectivity index (χ1v) is 10.2. The fourth-order valence-electron chi connectivity index (χ4n) is 2.73. The molecule has 3 aromatic rings. The molecule has 0 saturated heterocycles. The van der Waals surface area contributed by atoms with Crippen LogP contribution in [-0.2, 0) is 22.7 Å². The molecule has 1 heterocycles. The van der Waals surface area contributed by atoms with Crippen LogP contribution in [0.5, 0.6) is 0 Å². The zero-order valence-corrected chi connectivity index (χ0v) is 16.5. The molecule has 10 heteroatoms. The zero-order chi connectivity index (χ0) is 21.2. The first kappa shape index (κ1) is 20.9. The van der Waals surface area contributed by atoms with Gasteiger partial charge in [0.05, 0.1) is 22.5 Å². The van der Waals surface area contributed by atoms with Crippen molar-refractivity contribution in [2.45, 2.75) is 24.5 Å². The Balaban J connectivity index is 2.08. The maximum absolute atomic E-state index is 13.0. The third-order valence-electron chi connectivity index (χ3n) is 4.31. The van der Waals surface area contributed by atoms with Gasteiger partial charge in [0, 0.05) is 29.7 Å². The summed E-state index contributed by atoms with van der Waals surface area (Å²) >= 11 is 0. The number of alkyl halides is 3. The summed E-state index contributed by atoms with van der Waals surface area (Å²) in [5, 5.41) is 2.94. The molecule has 2 N–H and O–H groups in total. The van der Waals surface area contributed by atoms with Gasteiger partial charge in [-0.15, -0.1) is 0 Å². The van der Waals surface area contributed by atoms with Gasteiger partial charge in [-0.2, -0.15) is 13.2 Å². The van der Waals surface area contributed by atoms with Gasteiger partial charge in [-0.05, 0) is 50.4 Å². The number of nitrogens with zero attached hydrogens (tertiary/aromatic N) is 2. The quantitative estimate of drug-likeness (QED) is 0.621. The number of aromatic nitrogens is 2. The van der Waals surface area contributed by atoms with E-state index in [0.29, 0.717) is 23.5 Å². The lowest BCUT2D eigenvalue weighted by atomic mass is 10.1. The van der Waals surface area contributed by atoms with Crippen molar-refractivity contribution in [3.8, 4) is 11.3 Å². The lowest BCUT2D eigenvalue weighted by molar-refractivity contribution is -0.137. The van der Waals surface area contributed by atoms with Crippen LogP contribution in [0.2, 0.25) is 0 Å². The summed E-state index contributed by atoms with van der Waals surface area (Å²) < 4.78 is 67.4. The second-order valence-corrected chi connectivity index (χ2v) is 8.09. The normalized spacial score (nSPS) is 12.2. The number of hydrogen-bond acceptors (Lipinski definition) is 4. The standard InChI is InChI=1S/C19H19F3N4O2S/c1-3-26-11-18(24-12-26)16-10-15(29(27,28)23-2)7-8-17(16)25-14-6-4-5-13(9-14)19(20,21)22/h4-12,23,25H,3H2,1-2H3. The van der Waals surface area contributed by atoms with E-state index in [1.165, 1.54) is 37.4 Å².